The van der Waals surface area contributed by atoms with Crippen molar-refractivity contribution in [3.05, 3.63) is 12.2 Å². The fourth-order valence-corrected chi connectivity index (χ4v) is 1.54. The first kappa shape index (κ1) is 9.50. The highest BCUT2D eigenvalue weighted by Gasteiger charge is 2.28. The van der Waals surface area contributed by atoms with Crippen molar-refractivity contribution in [1.82, 2.24) is 0 Å². The molecule has 0 amide bonds. The van der Waals surface area contributed by atoms with Gasteiger partial charge in [-0.2, -0.15) is 0 Å². The van der Waals surface area contributed by atoms with Gasteiger partial charge in [0, 0.05) is 12.3 Å². The van der Waals surface area contributed by atoms with Gasteiger partial charge < -0.3 is 0 Å². The Bertz CT molecular complexity index is 213. The third-order valence-electron chi connectivity index (χ3n) is 2.78. The number of rotatable bonds is 0. The van der Waals surface area contributed by atoms with E-state index in [9.17, 15) is 4.79 Å². The van der Waals surface area contributed by atoms with Crippen LogP contribution < -0.4 is 0 Å². The van der Waals surface area contributed by atoms with Gasteiger partial charge in [0.05, 0.1) is 0 Å². The van der Waals surface area contributed by atoms with Gasteiger partial charge in [-0.25, -0.2) is 0 Å². The van der Waals surface area contributed by atoms with Crippen LogP contribution in [0.5, 0.6) is 0 Å². The van der Waals surface area contributed by atoms with Crippen molar-refractivity contribution < 1.29 is 4.79 Å². The SMILES string of the molecule is C[C@@H]1C=CC(C)(C)CC(=O)[C@H]1C. The molecule has 0 N–H and O–H groups in total. The van der Waals surface area contributed by atoms with Crippen LogP contribution in [0.1, 0.15) is 34.1 Å². The predicted molar refractivity (Wildman–Crippen MR) is 50.9 cm³/mol. The van der Waals surface area contributed by atoms with Crippen molar-refractivity contribution >= 4 is 5.78 Å². The third-order valence-corrected chi connectivity index (χ3v) is 2.78. The van der Waals surface area contributed by atoms with Crippen molar-refractivity contribution in [2.75, 3.05) is 0 Å². The molecule has 12 heavy (non-hydrogen) atoms. The van der Waals surface area contributed by atoms with E-state index in [0.717, 1.165) is 0 Å². The predicted octanol–water partition coefficient (Wildman–Crippen LogP) is 2.81. The van der Waals surface area contributed by atoms with Crippen LogP contribution in [0.3, 0.4) is 0 Å². The van der Waals surface area contributed by atoms with Crippen LogP contribution in [-0.4, -0.2) is 5.78 Å². The highest BCUT2D eigenvalue weighted by molar-refractivity contribution is 5.82. The first-order chi connectivity index (χ1) is 5.42. The molecule has 0 radical (unpaired) electrons. The molecule has 0 bridgehead atoms. The van der Waals surface area contributed by atoms with Gasteiger partial charge in [-0.1, -0.05) is 39.8 Å². The molecule has 0 saturated carbocycles. The molecule has 0 heterocycles. The smallest absolute Gasteiger partial charge is 0.137 e. The zero-order valence-corrected chi connectivity index (χ0v) is 8.42. The molecule has 1 aliphatic carbocycles. The largest absolute Gasteiger partial charge is 0.299 e. The molecular weight excluding hydrogens is 148 g/mol. The molecule has 1 nitrogen and oxygen atoms in total. The Morgan fingerprint density at radius 1 is 1.42 bits per heavy atom. The number of hydrogen-bond donors (Lipinski definition) is 0. The summed E-state index contributed by atoms with van der Waals surface area (Å²) in [6, 6.07) is 0. The molecule has 1 aliphatic rings. The number of carbonyl (C=O) groups excluding carboxylic acids is 1. The molecule has 68 valence electrons. The van der Waals surface area contributed by atoms with Gasteiger partial charge >= 0.3 is 0 Å². The molecule has 0 unspecified atom stereocenters. The first-order valence-corrected chi connectivity index (χ1v) is 4.64. The van der Waals surface area contributed by atoms with E-state index < -0.39 is 0 Å². The maximum Gasteiger partial charge on any atom is 0.137 e. The lowest BCUT2D eigenvalue weighted by Crippen LogP contribution is -2.19. The molecule has 0 aromatic carbocycles. The van der Waals surface area contributed by atoms with Crippen LogP contribution in [0.25, 0.3) is 0 Å². The molecule has 2 atom stereocenters. The average molecular weight is 166 g/mol. The summed E-state index contributed by atoms with van der Waals surface area (Å²) in [4.78, 5) is 11.6. The number of carbonyl (C=O) groups is 1. The van der Waals surface area contributed by atoms with E-state index in [-0.39, 0.29) is 11.3 Å². The Morgan fingerprint density at radius 3 is 2.58 bits per heavy atom. The summed E-state index contributed by atoms with van der Waals surface area (Å²) in [5.74, 6) is 1.000. The van der Waals surface area contributed by atoms with E-state index in [1.807, 2.05) is 6.92 Å². The first-order valence-electron chi connectivity index (χ1n) is 4.64. The number of allylic oxidation sites excluding steroid dienone is 2. The lowest BCUT2D eigenvalue weighted by atomic mass is 9.85. The van der Waals surface area contributed by atoms with E-state index in [1.165, 1.54) is 0 Å². The third kappa shape index (κ3) is 1.96. The van der Waals surface area contributed by atoms with Crippen molar-refractivity contribution in [2.24, 2.45) is 17.3 Å². The molecular formula is C11H18O. The van der Waals surface area contributed by atoms with Crippen LogP contribution in [0, 0.1) is 17.3 Å². The van der Waals surface area contributed by atoms with Crippen LogP contribution in [0.15, 0.2) is 12.2 Å². The van der Waals surface area contributed by atoms with Gasteiger partial charge in [0.15, 0.2) is 0 Å². The second-order valence-corrected chi connectivity index (χ2v) is 4.64. The molecule has 0 fully saturated rings. The summed E-state index contributed by atoms with van der Waals surface area (Å²) in [6.45, 7) is 8.37. The number of hydrogen-bond acceptors (Lipinski definition) is 1. The van der Waals surface area contributed by atoms with Gasteiger partial charge in [-0.15, -0.1) is 0 Å². The molecule has 0 saturated heterocycles. The second kappa shape index (κ2) is 3.04. The van der Waals surface area contributed by atoms with Crippen molar-refractivity contribution in [3.8, 4) is 0 Å². The summed E-state index contributed by atoms with van der Waals surface area (Å²) < 4.78 is 0. The lowest BCUT2D eigenvalue weighted by molar-refractivity contribution is -0.124. The Morgan fingerprint density at radius 2 is 2.00 bits per heavy atom. The second-order valence-electron chi connectivity index (χ2n) is 4.64. The Hall–Kier alpha value is -0.590. The lowest BCUT2D eigenvalue weighted by Gasteiger charge is -2.18. The molecule has 0 aromatic rings. The van der Waals surface area contributed by atoms with Crippen LogP contribution in [-0.2, 0) is 4.79 Å². The standard InChI is InChI=1S/C11H18O/c1-8-5-6-11(3,4)7-10(12)9(8)2/h5-6,8-9H,7H2,1-4H3/t8-,9+/m1/s1. The van der Waals surface area contributed by atoms with Crippen LogP contribution >= 0.6 is 0 Å². The van der Waals surface area contributed by atoms with Crippen molar-refractivity contribution in [2.45, 2.75) is 34.1 Å². The maximum absolute atomic E-state index is 11.6. The summed E-state index contributed by atoms with van der Waals surface area (Å²) in [7, 11) is 0. The topological polar surface area (TPSA) is 17.1 Å². The van der Waals surface area contributed by atoms with Gasteiger partial charge in [0.2, 0.25) is 0 Å². The Kier molecular flexibility index (Phi) is 2.41. The maximum atomic E-state index is 11.6. The summed E-state index contributed by atoms with van der Waals surface area (Å²) in [5, 5.41) is 0. The van der Waals surface area contributed by atoms with Gasteiger partial charge in [-0.05, 0) is 11.3 Å². The monoisotopic (exact) mass is 166 g/mol. The molecule has 1 rings (SSSR count). The van der Waals surface area contributed by atoms with Crippen molar-refractivity contribution in [1.29, 1.82) is 0 Å². The minimum Gasteiger partial charge on any atom is -0.299 e. The molecule has 0 spiro atoms. The average Bonchev–Trinajstić information content (AvgIpc) is 2.03. The van der Waals surface area contributed by atoms with E-state index in [4.69, 9.17) is 0 Å². The molecule has 0 aromatic heterocycles. The summed E-state index contributed by atoms with van der Waals surface area (Å²) in [5.41, 5.74) is 0.0656. The molecule has 0 aliphatic heterocycles. The van der Waals surface area contributed by atoms with E-state index >= 15 is 0 Å². The fraction of sp³-hybridized carbons (Fsp3) is 0.727. The van der Waals surface area contributed by atoms with Gasteiger partial charge in [-0.3, -0.25) is 4.79 Å². The van der Waals surface area contributed by atoms with Gasteiger partial charge in [0.25, 0.3) is 0 Å². The highest BCUT2D eigenvalue weighted by atomic mass is 16.1. The Balaban J connectivity index is 2.86. The highest BCUT2D eigenvalue weighted by Crippen LogP contribution is 2.31. The Labute approximate surface area is 74.9 Å². The minimum absolute atomic E-state index is 0.0656. The van der Waals surface area contributed by atoms with Crippen molar-refractivity contribution in [3.63, 3.8) is 0 Å². The number of ketones is 1. The van der Waals surface area contributed by atoms with E-state index in [0.29, 0.717) is 18.1 Å². The van der Waals surface area contributed by atoms with Crippen LogP contribution in [0.4, 0.5) is 0 Å². The normalized spacial score (nSPS) is 34.8. The summed E-state index contributed by atoms with van der Waals surface area (Å²) in [6.07, 6.45) is 5.05. The quantitative estimate of drug-likeness (QED) is 0.506. The summed E-state index contributed by atoms with van der Waals surface area (Å²) >= 11 is 0. The van der Waals surface area contributed by atoms with Gasteiger partial charge in [0.1, 0.15) is 5.78 Å². The minimum atomic E-state index is 0.0656. The number of Topliss-reactive ketones (excluding diaryl/α,β-unsaturated/α-hetero) is 1. The molecule has 1 heteroatoms. The zero-order valence-electron chi connectivity index (χ0n) is 8.42. The zero-order chi connectivity index (χ0) is 9.35. The fourth-order valence-electron chi connectivity index (χ4n) is 1.54. The van der Waals surface area contributed by atoms with E-state index in [2.05, 4.69) is 32.9 Å². The van der Waals surface area contributed by atoms with E-state index in [1.54, 1.807) is 0 Å². The van der Waals surface area contributed by atoms with Crippen LogP contribution in [0.2, 0.25) is 0 Å².